The summed E-state index contributed by atoms with van der Waals surface area (Å²) in [4.78, 5) is 25.6. The molecule has 0 bridgehead atoms. The van der Waals surface area contributed by atoms with Gasteiger partial charge in [0.15, 0.2) is 0 Å². The highest BCUT2D eigenvalue weighted by atomic mass is 35.5. The lowest BCUT2D eigenvalue weighted by Crippen LogP contribution is -2.29. The standard InChI is InChI=1S/C14H8ClNO2/c15-11-8-4-7-10-12(11)14(18)16(13(10)17)9-5-2-1-3-6-9/h1-8H. The van der Waals surface area contributed by atoms with Crippen LogP contribution in [-0.2, 0) is 0 Å². The van der Waals surface area contributed by atoms with Crippen LogP contribution in [0, 0.1) is 0 Å². The fraction of sp³-hybridized carbons (Fsp3) is 0. The van der Waals surface area contributed by atoms with E-state index in [-0.39, 0.29) is 17.4 Å². The Morgan fingerprint density at radius 2 is 1.56 bits per heavy atom. The fourth-order valence-electron chi connectivity index (χ4n) is 2.06. The van der Waals surface area contributed by atoms with Gasteiger partial charge in [-0.05, 0) is 24.3 Å². The molecule has 3 nitrogen and oxygen atoms in total. The van der Waals surface area contributed by atoms with Gasteiger partial charge in [-0.3, -0.25) is 9.59 Å². The number of anilines is 1. The van der Waals surface area contributed by atoms with Crippen LogP contribution in [0.25, 0.3) is 0 Å². The molecule has 0 atom stereocenters. The molecule has 1 aliphatic heterocycles. The highest BCUT2D eigenvalue weighted by Crippen LogP contribution is 2.32. The Bertz CT molecular complexity index is 652. The van der Waals surface area contributed by atoms with Crippen LogP contribution in [0.2, 0.25) is 5.02 Å². The van der Waals surface area contributed by atoms with E-state index in [0.29, 0.717) is 16.3 Å². The predicted octanol–water partition coefficient (Wildman–Crippen LogP) is 3.14. The third-order valence-electron chi connectivity index (χ3n) is 2.88. The number of hydrogen-bond acceptors (Lipinski definition) is 2. The van der Waals surface area contributed by atoms with Gasteiger partial charge in [-0.1, -0.05) is 35.9 Å². The topological polar surface area (TPSA) is 37.4 Å². The number of amides is 2. The molecule has 0 aliphatic carbocycles. The number of nitrogens with zero attached hydrogens (tertiary/aromatic N) is 1. The number of benzene rings is 2. The van der Waals surface area contributed by atoms with Crippen LogP contribution in [-0.4, -0.2) is 11.8 Å². The molecule has 0 radical (unpaired) electrons. The number of halogens is 1. The van der Waals surface area contributed by atoms with E-state index in [1.54, 1.807) is 42.5 Å². The van der Waals surface area contributed by atoms with Crippen molar-refractivity contribution in [1.82, 2.24) is 0 Å². The van der Waals surface area contributed by atoms with Crippen LogP contribution >= 0.6 is 11.6 Å². The lowest BCUT2D eigenvalue weighted by atomic mass is 10.1. The van der Waals surface area contributed by atoms with Gasteiger partial charge in [-0.15, -0.1) is 0 Å². The number of fused-ring (bicyclic) bond motifs is 1. The van der Waals surface area contributed by atoms with Gasteiger partial charge in [0.2, 0.25) is 0 Å². The summed E-state index contributed by atoms with van der Waals surface area (Å²) in [6.45, 7) is 0. The average Bonchev–Trinajstić information content (AvgIpc) is 2.64. The van der Waals surface area contributed by atoms with E-state index < -0.39 is 0 Å². The number of imide groups is 1. The van der Waals surface area contributed by atoms with Crippen LogP contribution < -0.4 is 4.90 Å². The van der Waals surface area contributed by atoms with Crippen LogP contribution in [0.5, 0.6) is 0 Å². The second-order valence-corrected chi connectivity index (χ2v) is 4.35. The molecule has 1 aliphatic rings. The van der Waals surface area contributed by atoms with Crippen molar-refractivity contribution in [1.29, 1.82) is 0 Å². The maximum Gasteiger partial charge on any atom is 0.267 e. The van der Waals surface area contributed by atoms with Gasteiger partial charge < -0.3 is 0 Å². The first kappa shape index (κ1) is 11.0. The summed E-state index contributed by atoms with van der Waals surface area (Å²) in [5.41, 5.74) is 1.20. The number of carbonyl (C=O) groups is 2. The molecule has 18 heavy (non-hydrogen) atoms. The van der Waals surface area contributed by atoms with Gasteiger partial charge in [0.25, 0.3) is 11.8 Å². The van der Waals surface area contributed by atoms with Crippen molar-refractivity contribution in [3.05, 3.63) is 64.7 Å². The highest BCUT2D eigenvalue weighted by molar-refractivity contribution is 6.42. The van der Waals surface area contributed by atoms with Gasteiger partial charge in [0, 0.05) is 0 Å². The molecular formula is C14H8ClNO2. The van der Waals surface area contributed by atoms with Crippen molar-refractivity contribution in [3.63, 3.8) is 0 Å². The number of hydrogen-bond donors (Lipinski definition) is 0. The minimum absolute atomic E-state index is 0.285. The van der Waals surface area contributed by atoms with Gasteiger partial charge in [0.1, 0.15) is 0 Å². The average molecular weight is 258 g/mol. The zero-order valence-corrected chi connectivity index (χ0v) is 10.0. The van der Waals surface area contributed by atoms with Crippen molar-refractivity contribution < 1.29 is 9.59 Å². The van der Waals surface area contributed by atoms with E-state index in [1.807, 2.05) is 6.07 Å². The predicted molar refractivity (Wildman–Crippen MR) is 69.0 cm³/mol. The van der Waals surface area contributed by atoms with Crippen LogP contribution in [0.15, 0.2) is 48.5 Å². The molecule has 0 fully saturated rings. The summed E-state index contributed by atoms with van der Waals surface area (Å²) in [6.07, 6.45) is 0. The molecule has 0 unspecified atom stereocenters. The second kappa shape index (κ2) is 3.96. The molecule has 4 heteroatoms. The monoisotopic (exact) mass is 257 g/mol. The molecule has 1 heterocycles. The first-order chi connectivity index (χ1) is 8.70. The zero-order chi connectivity index (χ0) is 12.7. The van der Waals surface area contributed by atoms with E-state index in [2.05, 4.69) is 0 Å². The Hall–Kier alpha value is -2.13. The van der Waals surface area contributed by atoms with Gasteiger partial charge in [0.05, 0.1) is 21.8 Å². The number of rotatable bonds is 1. The van der Waals surface area contributed by atoms with Gasteiger partial charge >= 0.3 is 0 Å². The molecule has 2 aromatic carbocycles. The largest absolute Gasteiger partial charge is 0.268 e. The first-order valence-electron chi connectivity index (χ1n) is 5.42. The Balaban J connectivity index is 2.17. The third-order valence-corrected chi connectivity index (χ3v) is 3.19. The molecule has 2 aromatic rings. The van der Waals surface area contributed by atoms with Crippen molar-refractivity contribution in [2.24, 2.45) is 0 Å². The molecule has 0 aromatic heterocycles. The van der Waals surface area contributed by atoms with E-state index in [9.17, 15) is 9.59 Å². The zero-order valence-electron chi connectivity index (χ0n) is 9.26. The summed E-state index contributed by atoms with van der Waals surface area (Å²) in [5, 5.41) is 0.310. The first-order valence-corrected chi connectivity index (χ1v) is 5.80. The van der Waals surface area contributed by atoms with E-state index in [0.717, 1.165) is 4.90 Å². The maximum atomic E-state index is 12.2. The van der Waals surface area contributed by atoms with Crippen molar-refractivity contribution in [2.45, 2.75) is 0 Å². The summed E-state index contributed by atoms with van der Waals surface area (Å²) in [7, 11) is 0. The SMILES string of the molecule is O=C1c2cccc(Cl)c2C(=O)N1c1ccccc1. The Kier molecular flexibility index (Phi) is 2.42. The smallest absolute Gasteiger partial charge is 0.267 e. The van der Waals surface area contributed by atoms with Crippen molar-refractivity contribution in [2.75, 3.05) is 4.90 Å². The molecule has 88 valence electrons. The van der Waals surface area contributed by atoms with Gasteiger partial charge in [-0.25, -0.2) is 4.90 Å². The minimum atomic E-state index is -0.369. The normalized spacial score (nSPS) is 13.9. The highest BCUT2D eigenvalue weighted by Gasteiger charge is 2.37. The number of carbonyl (C=O) groups excluding carboxylic acids is 2. The minimum Gasteiger partial charge on any atom is -0.268 e. The van der Waals surface area contributed by atoms with Crippen LogP contribution in [0.4, 0.5) is 5.69 Å². The van der Waals surface area contributed by atoms with E-state index in [1.165, 1.54) is 0 Å². The van der Waals surface area contributed by atoms with E-state index in [4.69, 9.17) is 11.6 Å². The second-order valence-electron chi connectivity index (χ2n) is 3.94. The third kappa shape index (κ3) is 1.45. The number of para-hydroxylation sites is 1. The Morgan fingerprint density at radius 3 is 2.22 bits per heavy atom. The maximum absolute atomic E-state index is 12.2. The summed E-state index contributed by atoms with van der Waals surface area (Å²) in [6, 6.07) is 13.7. The lowest BCUT2D eigenvalue weighted by Gasteiger charge is -2.13. The van der Waals surface area contributed by atoms with Crippen LogP contribution in [0.3, 0.4) is 0 Å². The molecule has 3 rings (SSSR count). The van der Waals surface area contributed by atoms with Gasteiger partial charge in [-0.2, -0.15) is 0 Å². The Labute approximate surface area is 109 Å². The van der Waals surface area contributed by atoms with E-state index >= 15 is 0 Å². The quantitative estimate of drug-likeness (QED) is 0.736. The molecule has 0 spiro atoms. The molecule has 0 saturated carbocycles. The summed E-state index contributed by atoms with van der Waals surface area (Å²) < 4.78 is 0. The molecular weight excluding hydrogens is 250 g/mol. The summed E-state index contributed by atoms with van der Waals surface area (Å²) in [5.74, 6) is -0.699. The lowest BCUT2D eigenvalue weighted by molar-refractivity contribution is 0.0926. The summed E-state index contributed by atoms with van der Waals surface area (Å²) >= 11 is 5.98. The molecule has 0 N–H and O–H groups in total. The van der Waals surface area contributed by atoms with Crippen LogP contribution in [0.1, 0.15) is 20.7 Å². The van der Waals surface area contributed by atoms with Crippen molar-refractivity contribution in [3.8, 4) is 0 Å². The fourth-order valence-corrected chi connectivity index (χ4v) is 2.31. The Morgan fingerprint density at radius 1 is 0.833 bits per heavy atom. The molecule has 0 saturated heterocycles. The molecule has 2 amide bonds. The van der Waals surface area contributed by atoms with Crippen molar-refractivity contribution >= 4 is 29.1 Å².